The summed E-state index contributed by atoms with van der Waals surface area (Å²) in [6.45, 7) is 3.37. The number of halogens is 6. The fraction of sp³-hybridized carbons (Fsp3) is 0.464. The van der Waals surface area contributed by atoms with Gasteiger partial charge in [0.2, 0.25) is 0 Å². The predicted octanol–water partition coefficient (Wildman–Crippen LogP) is 5.77. The third-order valence-corrected chi connectivity index (χ3v) is 7.76. The molecular weight excluding hydrogens is 568 g/mol. The zero-order chi connectivity index (χ0) is 30.8. The standard InChI is InChI=1S/C28H31F6N5O3/c1-4-23(38-41-3)26(39-17-36-37-24(39)40)11-10-25(35-15-26,20-8-6-5-7-9-20)16-42-18(2)19-12-21(27(29,30)31)14-22(13-19)28(32,33)34/h5-9,12-14,17-18,35H,4,10-11,15-16H2,1-3H3,(H,37,40)/t18-,25-,26+/m1/s1. The summed E-state index contributed by atoms with van der Waals surface area (Å²) in [5.74, 6) is 0. The van der Waals surface area contributed by atoms with Crippen molar-refractivity contribution in [2.75, 3.05) is 20.3 Å². The lowest BCUT2D eigenvalue weighted by atomic mass is 9.73. The van der Waals surface area contributed by atoms with Gasteiger partial charge in [-0.15, -0.1) is 0 Å². The van der Waals surface area contributed by atoms with E-state index in [1.807, 2.05) is 37.3 Å². The molecule has 0 unspecified atom stereocenters. The Kier molecular flexibility index (Phi) is 8.88. The maximum atomic E-state index is 13.5. The molecule has 0 saturated carbocycles. The molecule has 0 amide bonds. The van der Waals surface area contributed by atoms with Gasteiger partial charge >= 0.3 is 18.0 Å². The summed E-state index contributed by atoms with van der Waals surface area (Å²) in [6.07, 6.45) is -8.49. The highest BCUT2D eigenvalue weighted by Crippen LogP contribution is 2.41. The van der Waals surface area contributed by atoms with Crippen LogP contribution in [0.1, 0.15) is 61.5 Å². The molecule has 0 aliphatic carbocycles. The minimum absolute atomic E-state index is 0.0883. The van der Waals surface area contributed by atoms with Gasteiger partial charge in [-0.05, 0) is 55.5 Å². The van der Waals surface area contributed by atoms with Crippen LogP contribution in [0.15, 0.2) is 64.8 Å². The Morgan fingerprint density at radius 2 is 1.71 bits per heavy atom. The molecule has 3 aromatic rings. The van der Waals surface area contributed by atoms with E-state index < -0.39 is 46.4 Å². The number of alkyl halides is 6. The highest BCUT2D eigenvalue weighted by atomic mass is 19.4. The van der Waals surface area contributed by atoms with Crippen molar-refractivity contribution in [1.29, 1.82) is 0 Å². The van der Waals surface area contributed by atoms with Crippen molar-refractivity contribution in [3.8, 4) is 0 Å². The highest BCUT2D eigenvalue weighted by molar-refractivity contribution is 5.91. The average Bonchev–Trinajstić information content (AvgIpc) is 3.40. The Hall–Kier alpha value is -3.65. The molecule has 1 fully saturated rings. The molecule has 0 spiro atoms. The Bertz CT molecular complexity index is 1410. The highest BCUT2D eigenvalue weighted by Gasteiger charge is 2.48. The molecule has 1 aromatic heterocycles. The number of ether oxygens (including phenoxy) is 1. The number of nitrogens with one attached hydrogen (secondary N) is 2. The fourth-order valence-electron chi connectivity index (χ4n) is 5.43. The van der Waals surface area contributed by atoms with Gasteiger partial charge in [-0.1, -0.05) is 42.4 Å². The van der Waals surface area contributed by atoms with Gasteiger partial charge < -0.3 is 14.9 Å². The van der Waals surface area contributed by atoms with E-state index in [1.54, 1.807) is 0 Å². The maximum absolute atomic E-state index is 13.5. The third-order valence-electron chi connectivity index (χ3n) is 7.76. The molecule has 1 aliphatic heterocycles. The summed E-state index contributed by atoms with van der Waals surface area (Å²) in [5, 5.41) is 13.9. The first-order valence-electron chi connectivity index (χ1n) is 13.2. The van der Waals surface area contributed by atoms with Crippen LogP contribution in [0.4, 0.5) is 26.3 Å². The Morgan fingerprint density at radius 1 is 1.07 bits per heavy atom. The van der Waals surface area contributed by atoms with Gasteiger partial charge in [0.1, 0.15) is 19.0 Å². The van der Waals surface area contributed by atoms with Crippen LogP contribution >= 0.6 is 0 Å². The van der Waals surface area contributed by atoms with Gasteiger partial charge in [-0.25, -0.2) is 9.89 Å². The smallest absolute Gasteiger partial charge is 0.399 e. The van der Waals surface area contributed by atoms with E-state index in [0.717, 1.165) is 5.56 Å². The quantitative estimate of drug-likeness (QED) is 0.185. The second kappa shape index (κ2) is 11.9. The van der Waals surface area contributed by atoms with Gasteiger partial charge in [0.05, 0.1) is 35.1 Å². The van der Waals surface area contributed by atoms with Crippen molar-refractivity contribution in [1.82, 2.24) is 20.1 Å². The number of rotatable bonds is 9. The molecule has 1 saturated heterocycles. The monoisotopic (exact) mass is 599 g/mol. The van der Waals surface area contributed by atoms with Crippen LogP contribution in [0.3, 0.4) is 0 Å². The number of nitrogens with zero attached hydrogens (tertiary/aromatic N) is 3. The number of piperidine rings is 1. The minimum Gasteiger partial charge on any atom is -0.399 e. The number of aromatic nitrogens is 3. The molecule has 0 bridgehead atoms. The Morgan fingerprint density at radius 3 is 2.19 bits per heavy atom. The average molecular weight is 600 g/mol. The molecule has 14 heteroatoms. The van der Waals surface area contributed by atoms with Crippen LogP contribution in [-0.4, -0.2) is 40.7 Å². The zero-order valence-electron chi connectivity index (χ0n) is 23.1. The van der Waals surface area contributed by atoms with E-state index in [4.69, 9.17) is 9.57 Å². The van der Waals surface area contributed by atoms with Crippen molar-refractivity contribution >= 4 is 5.71 Å². The van der Waals surface area contributed by atoms with Crippen LogP contribution in [-0.2, 0) is 33.0 Å². The van der Waals surface area contributed by atoms with Crippen LogP contribution in [0.5, 0.6) is 0 Å². The Labute approximate surface area is 237 Å². The van der Waals surface area contributed by atoms with Gasteiger partial charge in [-0.2, -0.15) is 31.4 Å². The molecular formula is C28H31F6N5O3. The van der Waals surface area contributed by atoms with Crippen molar-refractivity contribution in [3.05, 3.63) is 87.6 Å². The first kappa shape index (κ1) is 31.3. The van der Waals surface area contributed by atoms with E-state index >= 15 is 0 Å². The number of aromatic amines is 1. The Balaban J connectivity index is 1.68. The molecule has 2 aromatic carbocycles. The maximum Gasteiger partial charge on any atom is 0.416 e. The summed E-state index contributed by atoms with van der Waals surface area (Å²) in [5.41, 5.74) is -3.99. The van der Waals surface area contributed by atoms with Gasteiger partial charge in [0.25, 0.3) is 0 Å². The second-order valence-corrected chi connectivity index (χ2v) is 10.2. The molecule has 0 radical (unpaired) electrons. The molecule has 42 heavy (non-hydrogen) atoms. The van der Waals surface area contributed by atoms with E-state index in [0.29, 0.717) is 37.1 Å². The predicted molar refractivity (Wildman–Crippen MR) is 142 cm³/mol. The molecule has 8 nitrogen and oxygen atoms in total. The number of hydrogen-bond donors (Lipinski definition) is 2. The molecule has 2 N–H and O–H groups in total. The van der Waals surface area contributed by atoms with E-state index in [-0.39, 0.29) is 24.8 Å². The second-order valence-electron chi connectivity index (χ2n) is 10.2. The summed E-state index contributed by atoms with van der Waals surface area (Å²) in [4.78, 5) is 17.8. The molecule has 3 atom stereocenters. The third kappa shape index (κ3) is 6.24. The van der Waals surface area contributed by atoms with Gasteiger partial charge in [-0.3, -0.25) is 4.57 Å². The topological polar surface area (TPSA) is 93.5 Å². The molecule has 2 heterocycles. The van der Waals surface area contributed by atoms with Gasteiger partial charge in [0.15, 0.2) is 0 Å². The number of benzene rings is 2. The van der Waals surface area contributed by atoms with E-state index in [9.17, 15) is 31.1 Å². The van der Waals surface area contributed by atoms with E-state index in [2.05, 4.69) is 20.7 Å². The molecule has 228 valence electrons. The van der Waals surface area contributed by atoms with Crippen LogP contribution in [0.2, 0.25) is 0 Å². The summed E-state index contributed by atoms with van der Waals surface area (Å²) in [6, 6.07) is 10.6. The largest absolute Gasteiger partial charge is 0.416 e. The van der Waals surface area contributed by atoms with Crippen LogP contribution < -0.4 is 11.0 Å². The van der Waals surface area contributed by atoms with E-state index in [1.165, 1.54) is 24.9 Å². The fourth-order valence-corrected chi connectivity index (χ4v) is 5.43. The van der Waals surface area contributed by atoms with Crippen molar-refractivity contribution in [3.63, 3.8) is 0 Å². The lowest BCUT2D eigenvalue weighted by Gasteiger charge is -2.48. The first-order valence-corrected chi connectivity index (χ1v) is 13.2. The van der Waals surface area contributed by atoms with Crippen molar-refractivity contribution in [2.24, 2.45) is 5.16 Å². The van der Waals surface area contributed by atoms with Crippen LogP contribution in [0.25, 0.3) is 0 Å². The lowest BCUT2D eigenvalue weighted by Crippen LogP contribution is -2.63. The van der Waals surface area contributed by atoms with Gasteiger partial charge in [0, 0.05) is 6.54 Å². The summed E-state index contributed by atoms with van der Waals surface area (Å²) >= 11 is 0. The van der Waals surface area contributed by atoms with Crippen LogP contribution in [0, 0.1) is 0 Å². The SMILES string of the molecule is CCC(=NOC)[C@]1(n2cn[nH]c2=O)CC[C@@](CO[C@H](C)c2cc(C(F)(F)F)cc(C(F)(F)F)c2)(c2ccccc2)NC1. The minimum atomic E-state index is -4.97. The van der Waals surface area contributed by atoms with Crippen molar-refractivity contribution < 1.29 is 35.9 Å². The summed E-state index contributed by atoms with van der Waals surface area (Å²) < 4.78 is 88.2. The number of hydrogen-bond acceptors (Lipinski definition) is 6. The molecule has 1 aliphatic rings. The number of oxime groups is 1. The molecule has 4 rings (SSSR count). The normalized spacial score (nSPS) is 22.6. The van der Waals surface area contributed by atoms with Crippen molar-refractivity contribution in [2.45, 2.75) is 62.6 Å². The first-order chi connectivity index (χ1) is 19.8. The number of H-pyrrole nitrogens is 1. The zero-order valence-corrected chi connectivity index (χ0v) is 23.1. The summed E-state index contributed by atoms with van der Waals surface area (Å²) in [7, 11) is 1.40. The lowest BCUT2D eigenvalue weighted by molar-refractivity contribution is -0.143.